The molecular formula is C21H25ClN4O2S. The van der Waals surface area contributed by atoms with Crippen molar-refractivity contribution in [1.29, 1.82) is 0 Å². The zero-order valence-corrected chi connectivity index (χ0v) is 17.8. The van der Waals surface area contributed by atoms with Crippen LogP contribution in [-0.2, 0) is 9.59 Å². The van der Waals surface area contributed by atoms with Gasteiger partial charge in [0.2, 0.25) is 16.9 Å². The number of hydrogen-bond donors (Lipinski definition) is 1. The van der Waals surface area contributed by atoms with Crippen LogP contribution in [0.25, 0.3) is 0 Å². The zero-order valence-electron chi connectivity index (χ0n) is 16.3. The summed E-state index contributed by atoms with van der Waals surface area (Å²) in [6, 6.07) is 7.26. The van der Waals surface area contributed by atoms with Crippen LogP contribution in [0.15, 0.2) is 24.3 Å². The van der Waals surface area contributed by atoms with E-state index in [0.717, 1.165) is 17.1 Å². The van der Waals surface area contributed by atoms with Crippen molar-refractivity contribution < 1.29 is 9.59 Å². The van der Waals surface area contributed by atoms with Gasteiger partial charge in [-0.1, -0.05) is 55.0 Å². The summed E-state index contributed by atoms with van der Waals surface area (Å²) in [4.78, 5) is 26.5. The predicted octanol–water partition coefficient (Wildman–Crippen LogP) is 5.01. The van der Waals surface area contributed by atoms with Gasteiger partial charge in [0.1, 0.15) is 5.01 Å². The number of rotatable bonds is 6. The van der Waals surface area contributed by atoms with Crippen LogP contribution in [0.3, 0.4) is 0 Å². The van der Waals surface area contributed by atoms with Crippen LogP contribution in [0.2, 0.25) is 5.02 Å². The minimum absolute atomic E-state index is 0.00330. The van der Waals surface area contributed by atoms with Crippen LogP contribution in [0.4, 0.5) is 10.8 Å². The Morgan fingerprint density at radius 2 is 1.93 bits per heavy atom. The molecule has 1 atom stereocenters. The van der Waals surface area contributed by atoms with Gasteiger partial charge in [0.05, 0.1) is 0 Å². The highest BCUT2D eigenvalue weighted by Gasteiger charge is 2.34. The number of amides is 2. The van der Waals surface area contributed by atoms with Crippen molar-refractivity contribution in [2.75, 3.05) is 16.8 Å². The van der Waals surface area contributed by atoms with Crippen LogP contribution in [0, 0.1) is 5.92 Å². The van der Waals surface area contributed by atoms with E-state index in [0.29, 0.717) is 35.5 Å². The van der Waals surface area contributed by atoms with Gasteiger partial charge in [-0.2, -0.15) is 0 Å². The first-order valence-electron chi connectivity index (χ1n) is 10.3. The normalized spacial score (nSPS) is 20.2. The fourth-order valence-corrected chi connectivity index (χ4v) is 5.16. The maximum Gasteiger partial charge on any atom is 0.227 e. The molecule has 154 valence electrons. The minimum Gasteiger partial charge on any atom is -0.312 e. The number of aromatic nitrogens is 2. The molecule has 1 aromatic heterocycles. The molecule has 2 fully saturated rings. The molecule has 4 rings (SSSR count). The highest BCUT2D eigenvalue weighted by molar-refractivity contribution is 7.15. The van der Waals surface area contributed by atoms with E-state index in [-0.39, 0.29) is 17.7 Å². The Morgan fingerprint density at radius 3 is 2.69 bits per heavy atom. The summed E-state index contributed by atoms with van der Waals surface area (Å²) < 4.78 is 0. The molecule has 2 aromatic rings. The summed E-state index contributed by atoms with van der Waals surface area (Å²) in [6.45, 7) is 0.560. The Labute approximate surface area is 179 Å². The Bertz CT molecular complexity index is 864. The number of benzene rings is 1. The first-order chi connectivity index (χ1) is 14.1. The lowest BCUT2D eigenvalue weighted by Crippen LogP contribution is -2.24. The minimum atomic E-state index is -0.0106. The fourth-order valence-electron chi connectivity index (χ4n) is 4.19. The van der Waals surface area contributed by atoms with E-state index in [1.165, 1.54) is 43.4 Å². The summed E-state index contributed by atoms with van der Waals surface area (Å²) >= 11 is 7.30. The van der Waals surface area contributed by atoms with E-state index < -0.39 is 0 Å². The van der Waals surface area contributed by atoms with Gasteiger partial charge in [-0.15, -0.1) is 10.2 Å². The highest BCUT2D eigenvalue weighted by atomic mass is 35.5. The second kappa shape index (κ2) is 9.22. The van der Waals surface area contributed by atoms with E-state index in [2.05, 4.69) is 15.5 Å². The summed E-state index contributed by atoms with van der Waals surface area (Å²) in [7, 11) is 0. The van der Waals surface area contributed by atoms with Crippen molar-refractivity contribution >= 4 is 45.6 Å². The molecule has 29 heavy (non-hydrogen) atoms. The van der Waals surface area contributed by atoms with Gasteiger partial charge in [0, 0.05) is 36.0 Å². The van der Waals surface area contributed by atoms with Gasteiger partial charge < -0.3 is 10.2 Å². The molecule has 2 amide bonds. The number of halogens is 1. The molecule has 2 aliphatic rings. The lowest BCUT2D eigenvalue weighted by atomic mass is 9.86. The molecule has 1 saturated heterocycles. The standard InChI is InChI=1S/C21H25ClN4O2S/c22-16-7-9-17(10-8-16)26-13-15(12-19(26)28)20-24-25-21(29-20)23-18(27)11-6-14-4-2-1-3-5-14/h7-10,14-15H,1-6,11-13H2,(H,23,25,27). The van der Waals surface area contributed by atoms with E-state index >= 15 is 0 Å². The van der Waals surface area contributed by atoms with Crippen molar-refractivity contribution in [3.63, 3.8) is 0 Å². The SMILES string of the molecule is O=C(CCC1CCCCC1)Nc1nnc(C2CC(=O)N(c3ccc(Cl)cc3)C2)s1. The van der Waals surface area contributed by atoms with Gasteiger partial charge in [-0.3, -0.25) is 9.59 Å². The van der Waals surface area contributed by atoms with Crippen LogP contribution in [0.1, 0.15) is 62.3 Å². The average Bonchev–Trinajstić information content (AvgIpc) is 3.34. The molecule has 6 nitrogen and oxygen atoms in total. The second-order valence-electron chi connectivity index (χ2n) is 7.92. The van der Waals surface area contributed by atoms with E-state index in [1.54, 1.807) is 17.0 Å². The summed E-state index contributed by atoms with van der Waals surface area (Å²) in [6.07, 6.45) is 8.28. The van der Waals surface area contributed by atoms with Gasteiger partial charge in [-0.25, -0.2) is 0 Å². The molecular weight excluding hydrogens is 408 g/mol. The molecule has 2 heterocycles. The van der Waals surface area contributed by atoms with Gasteiger partial charge >= 0.3 is 0 Å². The predicted molar refractivity (Wildman–Crippen MR) is 116 cm³/mol. The Morgan fingerprint density at radius 1 is 1.17 bits per heavy atom. The number of anilines is 2. The highest BCUT2D eigenvalue weighted by Crippen LogP contribution is 2.34. The Hall–Kier alpha value is -1.99. The third kappa shape index (κ3) is 5.14. The molecule has 0 radical (unpaired) electrons. The van der Waals surface area contributed by atoms with Crippen molar-refractivity contribution in [3.8, 4) is 0 Å². The lowest BCUT2D eigenvalue weighted by Gasteiger charge is -2.20. The zero-order chi connectivity index (χ0) is 20.2. The Kier molecular flexibility index (Phi) is 6.45. The Balaban J connectivity index is 1.31. The third-order valence-electron chi connectivity index (χ3n) is 5.80. The van der Waals surface area contributed by atoms with E-state index in [9.17, 15) is 9.59 Å². The van der Waals surface area contributed by atoms with Crippen molar-refractivity contribution in [3.05, 3.63) is 34.3 Å². The van der Waals surface area contributed by atoms with Crippen molar-refractivity contribution in [1.82, 2.24) is 10.2 Å². The van der Waals surface area contributed by atoms with Crippen molar-refractivity contribution in [2.45, 2.75) is 57.3 Å². The molecule has 1 aromatic carbocycles. The van der Waals surface area contributed by atoms with Crippen LogP contribution >= 0.6 is 22.9 Å². The maximum atomic E-state index is 12.4. The molecule has 0 spiro atoms. The maximum absolute atomic E-state index is 12.4. The molecule has 1 aliphatic heterocycles. The van der Waals surface area contributed by atoms with Crippen molar-refractivity contribution in [2.24, 2.45) is 5.92 Å². The number of nitrogens with one attached hydrogen (secondary N) is 1. The summed E-state index contributed by atoms with van der Waals surface area (Å²) in [5, 5.41) is 13.2. The molecule has 0 bridgehead atoms. The van der Waals surface area contributed by atoms with E-state index in [1.807, 2.05) is 12.1 Å². The second-order valence-corrected chi connectivity index (χ2v) is 9.36. The van der Waals surface area contributed by atoms with Gasteiger partial charge in [-0.05, 0) is 36.6 Å². The van der Waals surface area contributed by atoms with Gasteiger partial charge in [0.25, 0.3) is 0 Å². The van der Waals surface area contributed by atoms with E-state index in [4.69, 9.17) is 11.6 Å². The molecule has 1 unspecified atom stereocenters. The number of nitrogens with zero attached hydrogens (tertiary/aromatic N) is 3. The number of hydrogen-bond acceptors (Lipinski definition) is 5. The van der Waals surface area contributed by atoms with Crippen LogP contribution < -0.4 is 10.2 Å². The largest absolute Gasteiger partial charge is 0.312 e. The molecule has 1 aliphatic carbocycles. The third-order valence-corrected chi connectivity index (χ3v) is 7.06. The molecule has 1 N–H and O–H groups in total. The average molecular weight is 433 g/mol. The van der Waals surface area contributed by atoms with Crippen LogP contribution in [0.5, 0.6) is 0 Å². The topological polar surface area (TPSA) is 75.2 Å². The quantitative estimate of drug-likeness (QED) is 0.696. The summed E-state index contributed by atoms with van der Waals surface area (Å²) in [5.74, 6) is 0.737. The number of carbonyl (C=O) groups is 2. The first kappa shape index (κ1) is 20.3. The molecule has 1 saturated carbocycles. The lowest BCUT2D eigenvalue weighted by molar-refractivity contribution is -0.117. The first-order valence-corrected chi connectivity index (χ1v) is 11.5. The number of carbonyl (C=O) groups excluding carboxylic acids is 2. The summed E-state index contributed by atoms with van der Waals surface area (Å²) in [5.41, 5.74) is 0.836. The van der Waals surface area contributed by atoms with Crippen LogP contribution in [-0.4, -0.2) is 28.6 Å². The fraction of sp³-hybridized carbons (Fsp3) is 0.524. The monoisotopic (exact) mass is 432 g/mol. The van der Waals surface area contributed by atoms with Gasteiger partial charge in [0.15, 0.2) is 0 Å². The molecule has 8 heteroatoms. The smallest absolute Gasteiger partial charge is 0.227 e.